The number of carboxylic acid groups (broad SMARTS) is 1. The van der Waals surface area contributed by atoms with Crippen LogP contribution < -0.4 is 5.32 Å². The molecule has 3 atom stereocenters. The molecule has 6 nitrogen and oxygen atoms in total. The lowest BCUT2D eigenvalue weighted by molar-refractivity contribution is -0.141. The highest BCUT2D eigenvalue weighted by molar-refractivity contribution is 5.76. The molecule has 2 amide bonds. The second-order valence-corrected chi connectivity index (χ2v) is 5.85. The van der Waals surface area contributed by atoms with Crippen molar-refractivity contribution in [2.75, 3.05) is 13.2 Å². The Morgan fingerprint density at radius 3 is 2.70 bits per heavy atom. The molecular formula is C14H24N2O4. The number of aliphatic hydroxyl groups excluding tert-OH is 1. The summed E-state index contributed by atoms with van der Waals surface area (Å²) >= 11 is 0. The van der Waals surface area contributed by atoms with Gasteiger partial charge in [0.15, 0.2) is 0 Å². The second kappa shape index (κ2) is 6.92. The van der Waals surface area contributed by atoms with Crippen LogP contribution in [0.3, 0.4) is 0 Å². The van der Waals surface area contributed by atoms with Crippen molar-refractivity contribution in [3.8, 4) is 0 Å². The first kappa shape index (κ1) is 15.1. The van der Waals surface area contributed by atoms with Gasteiger partial charge in [0.1, 0.15) is 0 Å². The number of aliphatic carboxylic acids is 1. The van der Waals surface area contributed by atoms with Gasteiger partial charge < -0.3 is 20.4 Å². The van der Waals surface area contributed by atoms with Gasteiger partial charge in [0, 0.05) is 25.2 Å². The maximum Gasteiger partial charge on any atom is 0.317 e. The largest absolute Gasteiger partial charge is 0.481 e. The van der Waals surface area contributed by atoms with Gasteiger partial charge in [0.05, 0.1) is 5.92 Å². The number of hydrogen-bond donors (Lipinski definition) is 3. The minimum atomic E-state index is -0.760. The highest BCUT2D eigenvalue weighted by Crippen LogP contribution is 2.27. The number of carboxylic acids is 1. The van der Waals surface area contributed by atoms with Gasteiger partial charge in [-0.2, -0.15) is 0 Å². The number of aliphatic hydroxyl groups is 1. The van der Waals surface area contributed by atoms with E-state index in [4.69, 9.17) is 10.2 Å². The Bertz CT molecular complexity index is 361. The van der Waals surface area contributed by atoms with E-state index in [1.54, 1.807) is 0 Å². The lowest BCUT2D eigenvalue weighted by Gasteiger charge is -2.26. The fourth-order valence-electron chi connectivity index (χ4n) is 3.32. The van der Waals surface area contributed by atoms with Crippen LogP contribution in [-0.4, -0.2) is 52.3 Å². The topological polar surface area (TPSA) is 89.9 Å². The van der Waals surface area contributed by atoms with E-state index in [1.807, 2.05) is 4.90 Å². The van der Waals surface area contributed by atoms with Crippen LogP contribution in [0.25, 0.3) is 0 Å². The third-order valence-electron chi connectivity index (χ3n) is 4.44. The molecular weight excluding hydrogens is 260 g/mol. The molecule has 0 spiro atoms. The summed E-state index contributed by atoms with van der Waals surface area (Å²) in [6, 6.07) is 0.142. The van der Waals surface area contributed by atoms with Crippen LogP contribution in [0.1, 0.15) is 44.9 Å². The predicted molar refractivity (Wildman–Crippen MR) is 73.3 cm³/mol. The second-order valence-electron chi connectivity index (χ2n) is 5.85. The summed E-state index contributed by atoms with van der Waals surface area (Å²) in [5.41, 5.74) is 0. The van der Waals surface area contributed by atoms with Crippen LogP contribution in [0, 0.1) is 5.92 Å². The van der Waals surface area contributed by atoms with Crippen LogP contribution in [-0.2, 0) is 4.79 Å². The summed E-state index contributed by atoms with van der Waals surface area (Å²) in [4.78, 5) is 25.0. The van der Waals surface area contributed by atoms with E-state index in [0.29, 0.717) is 12.8 Å². The number of nitrogens with one attached hydrogen (secondary N) is 1. The molecule has 2 fully saturated rings. The normalized spacial score (nSPS) is 29.6. The van der Waals surface area contributed by atoms with Gasteiger partial charge in [-0.25, -0.2) is 4.79 Å². The lowest BCUT2D eigenvalue weighted by atomic mass is 10.1. The van der Waals surface area contributed by atoms with Crippen molar-refractivity contribution in [2.24, 2.45) is 5.92 Å². The van der Waals surface area contributed by atoms with Crippen LogP contribution in [0.5, 0.6) is 0 Å². The molecule has 2 aliphatic rings. The average molecular weight is 284 g/mol. The molecule has 2 rings (SSSR count). The van der Waals surface area contributed by atoms with Gasteiger partial charge in [-0.15, -0.1) is 0 Å². The molecule has 1 saturated heterocycles. The summed E-state index contributed by atoms with van der Waals surface area (Å²) in [7, 11) is 0. The van der Waals surface area contributed by atoms with Gasteiger partial charge in [-0.3, -0.25) is 4.79 Å². The third kappa shape index (κ3) is 3.62. The SMILES string of the molecule is O=C(O)C1CCC(NC(=O)N2CCCC2CCCO)C1. The molecule has 3 N–H and O–H groups in total. The molecule has 6 heteroatoms. The summed E-state index contributed by atoms with van der Waals surface area (Å²) in [6.07, 6.45) is 5.50. The Hall–Kier alpha value is -1.30. The van der Waals surface area contributed by atoms with Crippen LogP contribution in [0.2, 0.25) is 0 Å². The monoisotopic (exact) mass is 284 g/mol. The highest BCUT2D eigenvalue weighted by Gasteiger charge is 2.33. The fraction of sp³-hybridized carbons (Fsp3) is 0.857. The fourth-order valence-corrected chi connectivity index (χ4v) is 3.32. The Balaban J connectivity index is 1.81. The Morgan fingerprint density at radius 1 is 1.25 bits per heavy atom. The maximum atomic E-state index is 12.3. The van der Waals surface area contributed by atoms with Crippen LogP contribution >= 0.6 is 0 Å². The summed E-state index contributed by atoms with van der Waals surface area (Å²) < 4.78 is 0. The summed E-state index contributed by atoms with van der Waals surface area (Å²) in [5.74, 6) is -1.08. The number of amides is 2. The van der Waals surface area contributed by atoms with E-state index in [9.17, 15) is 9.59 Å². The van der Waals surface area contributed by atoms with E-state index in [-0.39, 0.29) is 30.6 Å². The van der Waals surface area contributed by atoms with Crippen molar-refractivity contribution < 1.29 is 19.8 Å². The summed E-state index contributed by atoms with van der Waals surface area (Å²) in [5, 5.41) is 20.8. The van der Waals surface area contributed by atoms with Crippen LogP contribution in [0.4, 0.5) is 4.79 Å². The van der Waals surface area contributed by atoms with E-state index < -0.39 is 5.97 Å². The number of nitrogens with zero attached hydrogens (tertiary/aromatic N) is 1. The molecule has 0 aromatic heterocycles. The standard InChI is InChI=1S/C14H24N2O4/c17-8-2-4-12-3-1-7-16(12)14(20)15-11-6-5-10(9-11)13(18)19/h10-12,17H,1-9H2,(H,15,20)(H,18,19). The third-order valence-corrected chi connectivity index (χ3v) is 4.44. The van der Waals surface area contributed by atoms with Gasteiger partial charge in [-0.05, 0) is 44.9 Å². The number of carbonyl (C=O) groups is 2. The van der Waals surface area contributed by atoms with Crippen LogP contribution in [0.15, 0.2) is 0 Å². The lowest BCUT2D eigenvalue weighted by Crippen LogP contribution is -2.46. The molecule has 0 radical (unpaired) electrons. The highest BCUT2D eigenvalue weighted by atomic mass is 16.4. The van der Waals surface area contributed by atoms with Gasteiger partial charge >= 0.3 is 12.0 Å². The van der Waals surface area contributed by atoms with E-state index in [1.165, 1.54) is 0 Å². The van der Waals surface area contributed by atoms with E-state index in [2.05, 4.69) is 5.32 Å². The Labute approximate surface area is 119 Å². The Morgan fingerprint density at radius 2 is 2.05 bits per heavy atom. The zero-order valence-electron chi connectivity index (χ0n) is 11.8. The molecule has 0 aromatic carbocycles. The molecule has 1 aliphatic carbocycles. The van der Waals surface area contributed by atoms with Crippen molar-refractivity contribution in [2.45, 2.75) is 57.0 Å². The predicted octanol–water partition coefficient (Wildman–Crippen LogP) is 1.19. The number of urea groups is 1. The maximum absolute atomic E-state index is 12.3. The minimum absolute atomic E-state index is 0.0114. The van der Waals surface area contributed by atoms with E-state index >= 15 is 0 Å². The number of carbonyl (C=O) groups excluding carboxylic acids is 1. The quantitative estimate of drug-likeness (QED) is 0.707. The van der Waals surface area contributed by atoms with Crippen molar-refractivity contribution in [1.82, 2.24) is 10.2 Å². The Kier molecular flexibility index (Phi) is 5.23. The average Bonchev–Trinajstić information content (AvgIpc) is 3.04. The zero-order valence-corrected chi connectivity index (χ0v) is 11.8. The first-order valence-electron chi connectivity index (χ1n) is 7.52. The molecule has 20 heavy (non-hydrogen) atoms. The molecule has 0 bridgehead atoms. The number of hydrogen-bond acceptors (Lipinski definition) is 3. The minimum Gasteiger partial charge on any atom is -0.481 e. The number of rotatable bonds is 5. The molecule has 1 heterocycles. The smallest absolute Gasteiger partial charge is 0.317 e. The molecule has 1 aliphatic heterocycles. The number of likely N-dealkylation sites (tertiary alicyclic amines) is 1. The molecule has 1 saturated carbocycles. The van der Waals surface area contributed by atoms with Crippen molar-refractivity contribution in [3.05, 3.63) is 0 Å². The van der Waals surface area contributed by atoms with Crippen molar-refractivity contribution >= 4 is 12.0 Å². The summed E-state index contributed by atoms with van der Waals surface area (Å²) in [6.45, 7) is 0.923. The van der Waals surface area contributed by atoms with Gasteiger partial charge in [0.2, 0.25) is 0 Å². The molecule has 114 valence electrons. The van der Waals surface area contributed by atoms with Crippen molar-refractivity contribution in [1.29, 1.82) is 0 Å². The molecule has 0 aromatic rings. The van der Waals surface area contributed by atoms with Gasteiger partial charge in [0.25, 0.3) is 0 Å². The zero-order chi connectivity index (χ0) is 14.5. The molecule has 3 unspecified atom stereocenters. The first-order chi connectivity index (χ1) is 9.61. The first-order valence-corrected chi connectivity index (χ1v) is 7.52. The van der Waals surface area contributed by atoms with Crippen molar-refractivity contribution in [3.63, 3.8) is 0 Å². The van der Waals surface area contributed by atoms with E-state index in [0.717, 1.165) is 38.6 Å². The van der Waals surface area contributed by atoms with Gasteiger partial charge in [-0.1, -0.05) is 0 Å².